The van der Waals surface area contributed by atoms with Gasteiger partial charge >= 0.3 is 0 Å². The van der Waals surface area contributed by atoms with Crippen molar-refractivity contribution in [3.8, 4) is 0 Å². The Labute approximate surface area is 125 Å². The lowest BCUT2D eigenvalue weighted by molar-refractivity contribution is -0.122. The molecule has 0 atom stereocenters. The highest BCUT2D eigenvalue weighted by atomic mass is 16.2. The van der Waals surface area contributed by atoms with Crippen LogP contribution in [-0.2, 0) is 11.2 Å². The first-order chi connectivity index (χ1) is 10.1. The molecule has 0 spiro atoms. The zero-order valence-electron chi connectivity index (χ0n) is 12.8. The third-order valence-corrected chi connectivity index (χ3v) is 3.91. The summed E-state index contributed by atoms with van der Waals surface area (Å²) in [5, 5.41) is 2.62. The van der Waals surface area contributed by atoms with E-state index < -0.39 is 0 Å². The van der Waals surface area contributed by atoms with Crippen LogP contribution in [0.2, 0.25) is 0 Å². The Balaban J connectivity index is 1.89. The molecule has 21 heavy (non-hydrogen) atoms. The van der Waals surface area contributed by atoms with Gasteiger partial charge in [-0.15, -0.1) is 0 Å². The second kappa shape index (κ2) is 7.22. The van der Waals surface area contributed by atoms with E-state index in [1.807, 2.05) is 29.2 Å². The van der Waals surface area contributed by atoms with Crippen molar-refractivity contribution in [2.45, 2.75) is 13.3 Å². The maximum absolute atomic E-state index is 12.4. The van der Waals surface area contributed by atoms with Crippen LogP contribution in [0.5, 0.6) is 0 Å². The molecule has 5 heteroatoms. The van der Waals surface area contributed by atoms with Crippen LogP contribution in [0.25, 0.3) is 0 Å². The molecule has 1 aliphatic rings. The summed E-state index contributed by atoms with van der Waals surface area (Å²) in [6, 6.07) is 7.82. The number of aryl methyl sites for hydroxylation is 1. The molecular formula is C16H23N3O2. The van der Waals surface area contributed by atoms with Gasteiger partial charge in [0.25, 0.3) is 5.91 Å². The molecule has 1 aromatic carbocycles. The van der Waals surface area contributed by atoms with Crippen LogP contribution in [0.1, 0.15) is 22.8 Å². The molecule has 0 bridgehead atoms. The highest BCUT2D eigenvalue weighted by Gasteiger charge is 2.22. The molecular weight excluding hydrogens is 266 g/mol. The van der Waals surface area contributed by atoms with Crippen LogP contribution in [0.3, 0.4) is 0 Å². The third-order valence-electron chi connectivity index (χ3n) is 3.91. The Morgan fingerprint density at radius 2 is 1.71 bits per heavy atom. The van der Waals surface area contributed by atoms with Crippen molar-refractivity contribution in [1.29, 1.82) is 0 Å². The number of piperazine rings is 1. The van der Waals surface area contributed by atoms with Gasteiger partial charge in [0.2, 0.25) is 5.91 Å². The molecule has 0 saturated carbocycles. The second-order valence-electron chi connectivity index (χ2n) is 5.29. The van der Waals surface area contributed by atoms with Crippen molar-refractivity contribution in [3.05, 3.63) is 35.4 Å². The summed E-state index contributed by atoms with van der Waals surface area (Å²) in [4.78, 5) is 27.7. The van der Waals surface area contributed by atoms with E-state index in [4.69, 9.17) is 0 Å². The number of likely N-dealkylation sites (N-methyl/N-ethyl adjacent to an activating group) is 1. The predicted octanol–water partition coefficient (Wildman–Crippen LogP) is 0.753. The summed E-state index contributed by atoms with van der Waals surface area (Å²) < 4.78 is 0. The average molecular weight is 289 g/mol. The topological polar surface area (TPSA) is 52.7 Å². The lowest BCUT2D eigenvalue weighted by atomic mass is 10.1. The predicted molar refractivity (Wildman–Crippen MR) is 82.2 cm³/mol. The molecule has 2 amide bonds. The Hall–Kier alpha value is -1.88. The van der Waals surface area contributed by atoms with Crippen molar-refractivity contribution < 1.29 is 9.59 Å². The molecule has 0 unspecified atom stereocenters. The highest BCUT2D eigenvalue weighted by molar-refractivity contribution is 5.94. The van der Waals surface area contributed by atoms with Gasteiger partial charge in [-0.05, 0) is 24.1 Å². The minimum atomic E-state index is 0.0185. The van der Waals surface area contributed by atoms with Gasteiger partial charge in [0.1, 0.15) is 0 Å². The van der Waals surface area contributed by atoms with Gasteiger partial charge in [-0.2, -0.15) is 0 Å². The lowest BCUT2D eigenvalue weighted by Crippen LogP contribution is -2.50. The molecule has 0 aromatic heterocycles. The maximum Gasteiger partial charge on any atom is 0.253 e. The van der Waals surface area contributed by atoms with Gasteiger partial charge in [0.15, 0.2) is 0 Å². The molecule has 1 saturated heterocycles. The molecule has 1 N–H and O–H groups in total. The largest absolute Gasteiger partial charge is 0.358 e. The van der Waals surface area contributed by atoms with Gasteiger partial charge in [-0.25, -0.2) is 0 Å². The number of benzene rings is 1. The van der Waals surface area contributed by atoms with Crippen LogP contribution >= 0.6 is 0 Å². The number of rotatable bonds is 4. The average Bonchev–Trinajstić information content (AvgIpc) is 2.55. The number of amides is 2. The Bertz CT molecular complexity index is 491. The second-order valence-corrected chi connectivity index (χ2v) is 5.29. The van der Waals surface area contributed by atoms with Crippen molar-refractivity contribution in [3.63, 3.8) is 0 Å². The zero-order valence-corrected chi connectivity index (χ0v) is 12.8. The fourth-order valence-corrected chi connectivity index (χ4v) is 2.46. The first-order valence-corrected chi connectivity index (χ1v) is 7.45. The fourth-order valence-electron chi connectivity index (χ4n) is 2.46. The summed E-state index contributed by atoms with van der Waals surface area (Å²) in [7, 11) is 1.64. The smallest absolute Gasteiger partial charge is 0.253 e. The number of carbonyl (C=O) groups excluding carboxylic acids is 2. The number of nitrogens with zero attached hydrogens (tertiary/aromatic N) is 2. The normalized spacial score (nSPS) is 15.8. The molecule has 0 aliphatic carbocycles. The summed E-state index contributed by atoms with van der Waals surface area (Å²) in [5.74, 6) is 0.0992. The first-order valence-electron chi connectivity index (χ1n) is 7.45. The van der Waals surface area contributed by atoms with Crippen LogP contribution in [0.4, 0.5) is 0 Å². The van der Waals surface area contributed by atoms with Crippen LogP contribution in [0, 0.1) is 0 Å². The minimum absolute atomic E-state index is 0.0185. The zero-order chi connectivity index (χ0) is 15.2. The monoisotopic (exact) mass is 289 g/mol. The standard InChI is InChI=1S/C16H23N3O2/c1-3-13-4-6-14(7-5-13)16(21)19-10-8-18(9-11-19)12-15(20)17-2/h4-7H,3,8-12H2,1-2H3,(H,17,20). The van der Waals surface area contributed by atoms with Gasteiger partial charge in [-0.3, -0.25) is 14.5 Å². The van der Waals surface area contributed by atoms with Crippen molar-refractivity contribution in [1.82, 2.24) is 15.1 Å². The molecule has 0 radical (unpaired) electrons. The Morgan fingerprint density at radius 1 is 1.10 bits per heavy atom. The van der Waals surface area contributed by atoms with Crippen LogP contribution in [0.15, 0.2) is 24.3 Å². The molecule has 2 rings (SSSR count). The summed E-state index contributed by atoms with van der Waals surface area (Å²) in [6.45, 7) is 5.33. The van der Waals surface area contributed by atoms with E-state index in [0.717, 1.165) is 25.1 Å². The van der Waals surface area contributed by atoms with Gasteiger partial charge in [-0.1, -0.05) is 19.1 Å². The summed E-state index contributed by atoms with van der Waals surface area (Å²) in [6.07, 6.45) is 0.979. The number of carbonyl (C=O) groups is 2. The van der Waals surface area contributed by atoms with E-state index in [1.165, 1.54) is 5.56 Å². The highest BCUT2D eigenvalue weighted by Crippen LogP contribution is 2.10. The van der Waals surface area contributed by atoms with Crippen molar-refractivity contribution in [2.75, 3.05) is 39.8 Å². The Kier molecular flexibility index (Phi) is 5.33. The van der Waals surface area contributed by atoms with E-state index >= 15 is 0 Å². The third kappa shape index (κ3) is 4.04. The van der Waals surface area contributed by atoms with E-state index in [2.05, 4.69) is 17.1 Å². The van der Waals surface area contributed by atoms with E-state index in [1.54, 1.807) is 7.05 Å². The quantitative estimate of drug-likeness (QED) is 0.890. The first kappa shape index (κ1) is 15.5. The van der Waals surface area contributed by atoms with Crippen molar-refractivity contribution >= 4 is 11.8 Å². The van der Waals surface area contributed by atoms with Gasteiger partial charge in [0, 0.05) is 38.8 Å². The lowest BCUT2D eigenvalue weighted by Gasteiger charge is -2.34. The SMILES string of the molecule is CCc1ccc(C(=O)N2CCN(CC(=O)NC)CC2)cc1. The number of hydrogen-bond donors (Lipinski definition) is 1. The van der Waals surface area contributed by atoms with Gasteiger partial charge in [0.05, 0.1) is 6.54 Å². The van der Waals surface area contributed by atoms with Crippen LogP contribution < -0.4 is 5.32 Å². The summed E-state index contributed by atoms with van der Waals surface area (Å²) in [5.41, 5.74) is 1.98. The molecule has 1 aromatic rings. The molecule has 1 heterocycles. The number of nitrogens with one attached hydrogen (secondary N) is 1. The fraction of sp³-hybridized carbons (Fsp3) is 0.500. The molecule has 5 nitrogen and oxygen atoms in total. The molecule has 1 aliphatic heterocycles. The van der Waals surface area contributed by atoms with Crippen molar-refractivity contribution in [2.24, 2.45) is 0 Å². The maximum atomic E-state index is 12.4. The van der Waals surface area contributed by atoms with E-state index in [0.29, 0.717) is 19.6 Å². The molecule has 114 valence electrons. The van der Waals surface area contributed by atoms with Crippen LogP contribution in [-0.4, -0.2) is 61.4 Å². The molecule has 1 fully saturated rings. The van der Waals surface area contributed by atoms with E-state index in [-0.39, 0.29) is 11.8 Å². The minimum Gasteiger partial charge on any atom is -0.358 e. The van der Waals surface area contributed by atoms with E-state index in [9.17, 15) is 9.59 Å². The Morgan fingerprint density at radius 3 is 2.24 bits per heavy atom. The summed E-state index contributed by atoms with van der Waals surface area (Å²) >= 11 is 0. The van der Waals surface area contributed by atoms with Gasteiger partial charge < -0.3 is 10.2 Å². The number of hydrogen-bond acceptors (Lipinski definition) is 3.